The van der Waals surface area contributed by atoms with Crippen LogP contribution in [0.1, 0.15) is 12.8 Å². The third-order valence-corrected chi connectivity index (χ3v) is 1.93. The second-order valence-corrected chi connectivity index (χ2v) is 3.23. The van der Waals surface area contributed by atoms with Crippen molar-refractivity contribution in [1.29, 1.82) is 5.26 Å². The van der Waals surface area contributed by atoms with Gasteiger partial charge in [0, 0.05) is 5.75 Å². The Morgan fingerprint density at radius 3 is 2.53 bits per heavy atom. The van der Waals surface area contributed by atoms with Gasteiger partial charge in [0.2, 0.25) is 5.91 Å². The number of thiol groups is 1. The van der Waals surface area contributed by atoms with E-state index in [0.29, 0.717) is 0 Å². The number of hydrogen-bond donors (Lipinski definition) is 4. The predicted molar refractivity (Wildman–Crippen MR) is 54.3 cm³/mol. The lowest BCUT2D eigenvalue weighted by atomic mass is 10.2. The van der Waals surface area contributed by atoms with Crippen LogP contribution in [0, 0.1) is 11.3 Å². The van der Waals surface area contributed by atoms with E-state index < -0.39 is 24.0 Å². The molecule has 2 atom stereocenters. The highest BCUT2D eigenvalue weighted by Gasteiger charge is 2.19. The maximum Gasteiger partial charge on any atom is 0.327 e. The Bertz CT molecular complexity index is 276. The van der Waals surface area contributed by atoms with Crippen molar-refractivity contribution in [2.45, 2.75) is 25.0 Å². The average Bonchev–Trinajstić information content (AvgIpc) is 2.13. The molecule has 0 aromatic carbocycles. The van der Waals surface area contributed by atoms with Gasteiger partial charge in [0.15, 0.2) is 0 Å². The topological polar surface area (TPSA) is 110 Å². The minimum atomic E-state index is -1.19. The van der Waals surface area contributed by atoms with Crippen molar-refractivity contribution < 1.29 is 19.8 Å². The molecule has 0 aliphatic heterocycles. The van der Waals surface area contributed by atoms with Crippen molar-refractivity contribution in [2.24, 2.45) is 0 Å². The molecule has 0 radical (unpaired) electrons. The van der Waals surface area contributed by atoms with Gasteiger partial charge in [0.1, 0.15) is 6.04 Å². The number of carbonyl (C=O) groups is 2. The minimum absolute atomic E-state index is 0.0323. The molecule has 1 amide bonds. The summed E-state index contributed by atoms with van der Waals surface area (Å²) in [5, 5.41) is 28.1. The number of carboxylic acid groups (broad SMARTS) is 1. The van der Waals surface area contributed by atoms with Gasteiger partial charge in [-0.05, 0) is 0 Å². The first-order valence-corrected chi connectivity index (χ1v) is 4.82. The normalized spacial score (nSPS) is 13.7. The molecule has 0 fully saturated rings. The van der Waals surface area contributed by atoms with Crippen molar-refractivity contribution in [3.05, 3.63) is 0 Å². The lowest BCUT2D eigenvalue weighted by Gasteiger charge is -2.12. The lowest BCUT2D eigenvalue weighted by molar-refractivity contribution is -0.141. The first-order valence-electron chi connectivity index (χ1n) is 4.19. The third kappa shape index (κ3) is 5.93. The Morgan fingerprint density at radius 1 is 1.53 bits per heavy atom. The highest BCUT2D eigenvalue weighted by Crippen LogP contribution is 1.97. The number of carboxylic acids is 1. The molecule has 6 nitrogen and oxygen atoms in total. The maximum atomic E-state index is 11.1. The Kier molecular flexibility index (Phi) is 6.49. The van der Waals surface area contributed by atoms with Gasteiger partial charge in [-0.3, -0.25) is 4.79 Å². The summed E-state index contributed by atoms with van der Waals surface area (Å²) in [6, 6.07) is 0.628. The molecule has 1 unspecified atom stereocenters. The molecule has 15 heavy (non-hydrogen) atoms. The van der Waals surface area contributed by atoms with E-state index in [1.807, 2.05) is 0 Å². The van der Waals surface area contributed by atoms with Gasteiger partial charge >= 0.3 is 5.97 Å². The predicted octanol–water partition coefficient (Wildman–Crippen LogP) is -0.850. The summed E-state index contributed by atoms with van der Waals surface area (Å²) < 4.78 is 0. The summed E-state index contributed by atoms with van der Waals surface area (Å²) >= 11 is 3.75. The highest BCUT2D eigenvalue weighted by atomic mass is 32.1. The van der Waals surface area contributed by atoms with Gasteiger partial charge in [-0.2, -0.15) is 17.9 Å². The van der Waals surface area contributed by atoms with E-state index in [9.17, 15) is 9.59 Å². The number of rotatable bonds is 6. The first kappa shape index (κ1) is 13.7. The van der Waals surface area contributed by atoms with Crippen molar-refractivity contribution in [2.75, 3.05) is 5.75 Å². The molecule has 7 heteroatoms. The van der Waals surface area contributed by atoms with Crippen LogP contribution in [0.4, 0.5) is 0 Å². The second kappa shape index (κ2) is 7.09. The summed E-state index contributed by atoms with van der Waals surface area (Å²) in [5.74, 6) is -1.83. The summed E-state index contributed by atoms with van der Waals surface area (Å²) in [7, 11) is 0. The van der Waals surface area contributed by atoms with E-state index in [-0.39, 0.29) is 18.6 Å². The lowest BCUT2D eigenvalue weighted by Crippen LogP contribution is -2.43. The van der Waals surface area contributed by atoms with Gasteiger partial charge in [0.25, 0.3) is 0 Å². The van der Waals surface area contributed by atoms with Crippen molar-refractivity contribution in [1.82, 2.24) is 5.32 Å². The number of aliphatic hydroxyl groups excluding tert-OH is 1. The fraction of sp³-hybridized carbons (Fsp3) is 0.625. The van der Waals surface area contributed by atoms with Crippen LogP contribution in [0.15, 0.2) is 0 Å². The van der Waals surface area contributed by atoms with Gasteiger partial charge in [-0.25, -0.2) is 4.79 Å². The van der Waals surface area contributed by atoms with E-state index >= 15 is 0 Å². The van der Waals surface area contributed by atoms with Crippen LogP contribution in [0.25, 0.3) is 0 Å². The van der Waals surface area contributed by atoms with Crippen molar-refractivity contribution in [3.8, 4) is 6.07 Å². The number of aliphatic hydroxyl groups is 1. The van der Waals surface area contributed by atoms with E-state index in [1.165, 1.54) is 0 Å². The number of aliphatic carboxylic acids is 1. The molecule has 0 aliphatic rings. The Morgan fingerprint density at radius 2 is 2.13 bits per heavy atom. The van der Waals surface area contributed by atoms with Gasteiger partial charge < -0.3 is 15.5 Å². The zero-order valence-electron chi connectivity index (χ0n) is 7.88. The smallest absolute Gasteiger partial charge is 0.327 e. The number of nitrogens with zero attached hydrogens (tertiary/aromatic N) is 1. The number of carbonyl (C=O) groups excluding carboxylic acids is 1. The molecule has 3 N–H and O–H groups in total. The molecule has 0 spiro atoms. The number of nitrogens with one attached hydrogen (secondary N) is 1. The molecular weight excluding hydrogens is 220 g/mol. The molecule has 0 saturated carbocycles. The summed E-state index contributed by atoms with van der Waals surface area (Å²) in [6.45, 7) is 0. The van der Waals surface area contributed by atoms with Crippen LogP contribution in [0.3, 0.4) is 0 Å². The number of hydrogen-bond acceptors (Lipinski definition) is 5. The van der Waals surface area contributed by atoms with Crippen LogP contribution in [-0.2, 0) is 9.59 Å². The largest absolute Gasteiger partial charge is 0.480 e. The molecule has 0 aromatic heterocycles. The van der Waals surface area contributed by atoms with Crippen molar-refractivity contribution >= 4 is 24.5 Å². The number of amides is 1. The summed E-state index contributed by atoms with van der Waals surface area (Å²) in [4.78, 5) is 21.6. The molecule has 0 rings (SSSR count). The Hall–Kier alpha value is -1.26. The Balaban J connectivity index is 4.02. The van der Waals surface area contributed by atoms with E-state index in [2.05, 4.69) is 17.9 Å². The van der Waals surface area contributed by atoms with Crippen LogP contribution in [0.2, 0.25) is 0 Å². The summed E-state index contributed by atoms with van der Waals surface area (Å²) in [6.07, 6.45) is -1.51. The quantitative estimate of drug-likeness (QED) is 0.446. The van der Waals surface area contributed by atoms with Gasteiger partial charge in [-0.1, -0.05) is 0 Å². The zero-order chi connectivity index (χ0) is 11.8. The standard InChI is InChI=1S/C8H12N2O4S/c9-2-1-5(11)3-7(12)10-6(4-15)8(13)14/h5-6,11,15H,1,3-4H2,(H,10,12)(H,13,14)/t5?,6-/m0/s1. The monoisotopic (exact) mass is 232 g/mol. The second-order valence-electron chi connectivity index (χ2n) is 2.86. The first-order chi connectivity index (χ1) is 7.01. The number of nitriles is 1. The maximum absolute atomic E-state index is 11.1. The van der Waals surface area contributed by atoms with Gasteiger partial charge in [0.05, 0.1) is 25.0 Å². The molecule has 84 valence electrons. The molecule has 0 heterocycles. The highest BCUT2D eigenvalue weighted by molar-refractivity contribution is 7.80. The van der Waals surface area contributed by atoms with E-state index in [1.54, 1.807) is 6.07 Å². The molecule has 0 saturated heterocycles. The van der Waals surface area contributed by atoms with Crippen LogP contribution < -0.4 is 5.32 Å². The molecular formula is C8H12N2O4S. The van der Waals surface area contributed by atoms with Crippen LogP contribution >= 0.6 is 12.6 Å². The van der Waals surface area contributed by atoms with E-state index in [0.717, 1.165) is 0 Å². The Labute approximate surface area is 92.3 Å². The minimum Gasteiger partial charge on any atom is -0.480 e. The van der Waals surface area contributed by atoms with Crippen molar-refractivity contribution in [3.63, 3.8) is 0 Å². The SMILES string of the molecule is N#CCC(O)CC(=O)N[C@@H](CS)C(=O)O. The van der Waals surface area contributed by atoms with Crippen LogP contribution in [-0.4, -0.2) is 40.0 Å². The molecule has 0 aliphatic carbocycles. The summed E-state index contributed by atoms with van der Waals surface area (Å²) in [5.41, 5.74) is 0. The molecule has 0 aromatic rings. The van der Waals surface area contributed by atoms with Crippen LogP contribution in [0.5, 0.6) is 0 Å². The molecule has 0 bridgehead atoms. The fourth-order valence-electron chi connectivity index (χ4n) is 0.830. The average molecular weight is 232 g/mol. The van der Waals surface area contributed by atoms with E-state index in [4.69, 9.17) is 15.5 Å². The third-order valence-electron chi connectivity index (χ3n) is 1.56. The zero-order valence-corrected chi connectivity index (χ0v) is 8.78. The fourth-order valence-corrected chi connectivity index (χ4v) is 1.08. The van der Waals surface area contributed by atoms with Gasteiger partial charge in [-0.15, -0.1) is 0 Å².